The predicted octanol–water partition coefficient (Wildman–Crippen LogP) is 5.32. The first kappa shape index (κ1) is 24.5. The first-order chi connectivity index (χ1) is 14.0. The first-order valence-electron chi connectivity index (χ1n) is 10.0. The van der Waals surface area contributed by atoms with E-state index in [4.69, 9.17) is 0 Å². The van der Waals surface area contributed by atoms with E-state index in [0.29, 0.717) is 12.3 Å². The van der Waals surface area contributed by atoms with Gasteiger partial charge < -0.3 is 10.2 Å². The van der Waals surface area contributed by atoms with Crippen molar-refractivity contribution >= 4 is 39.5 Å². The van der Waals surface area contributed by atoms with Gasteiger partial charge in [0.25, 0.3) is 0 Å². The van der Waals surface area contributed by atoms with Crippen LogP contribution in [0.1, 0.15) is 44.4 Å². The molecule has 0 radical (unpaired) electrons. The van der Waals surface area contributed by atoms with Crippen LogP contribution in [-0.4, -0.2) is 34.0 Å². The van der Waals surface area contributed by atoms with E-state index in [1.165, 1.54) is 11.1 Å². The number of carbonyl (C=O) groups is 2. The molecule has 2 amide bonds. The van der Waals surface area contributed by atoms with E-state index in [2.05, 4.69) is 52.4 Å². The summed E-state index contributed by atoms with van der Waals surface area (Å²) in [6.45, 7) is 10.1. The van der Waals surface area contributed by atoms with Gasteiger partial charge in [-0.1, -0.05) is 57.9 Å². The monoisotopic (exact) mass is 490 g/mol. The average Bonchev–Trinajstić information content (AvgIpc) is 2.65. The molecule has 0 saturated carbocycles. The highest BCUT2D eigenvalue weighted by molar-refractivity contribution is 9.10. The van der Waals surface area contributed by atoms with Gasteiger partial charge in [-0.05, 0) is 57.9 Å². The van der Waals surface area contributed by atoms with E-state index in [0.717, 1.165) is 15.8 Å². The van der Waals surface area contributed by atoms with Gasteiger partial charge in [-0.25, -0.2) is 0 Å². The van der Waals surface area contributed by atoms with Crippen LogP contribution in [0.15, 0.2) is 53.0 Å². The number of carbonyl (C=O) groups excluding carboxylic acids is 2. The summed E-state index contributed by atoms with van der Waals surface area (Å²) >= 11 is 5.05. The highest BCUT2D eigenvalue weighted by atomic mass is 79.9. The summed E-state index contributed by atoms with van der Waals surface area (Å²) in [5.74, 6) is 0.909. The van der Waals surface area contributed by atoms with E-state index in [9.17, 15) is 9.59 Å². The number of halogens is 1. The van der Waals surface area contributed by atoms with Crippen LogP contribution in [0.5, 0.6) is 0 Å². The van der Waals surface area contributed by atoms with Crippen LogP contribution >= 0.6 is 27.7 Å². The van der Waals surface area contributed by atoms with Gasteiger partial charge in [-0.3, -0.25) is 9.59 Å². The average molecular weight is 491 g/mol. The molecular formula is C24H31BrN2O2S. The zero-order chi connectivity index (χ0) is 22.3. The van der Waals surface area contributed by atoms with Gasteiger partial charge in [0, 0.05) is 22.3 Å². The standard InChI is InChI=1S/C24H31BrN2O2S/c1-17-9-11-19(12-10-17)15-30-16-22(28)27(14-20-7-6-8-21(25)13-20)18(2)23(29)26-24(3,4)5/h6-13,18H,14-16H2,1-5H3,(H,26,29). The molecule has 0 aliphatic heterocycles. The molecule has 2 aromatic rings. The molecule has 0 saturated heterocycles. The Balaban J connectivity index is 2.09. The minimum absolute atomic E-state index is 0.0383. The number of hydrogen-bond acceptors (Lipinski definition) is 3. The Morgan fingerprint density at radius 3 is 2.37 bits per heavy atom. The fourth-order valence-electron chi connectivity index (χ4n) is 2.91. The quantitative estimate of drug-likeness (QED) is 0.544. The normalized spacial score (nSPS) is 12.3. The molecule has 1 N–H and O–H groups in total. The molecule has 1 atom stereocenters. The summed E-state index contributed by atoms with van der Waals surface area (Å²) < 4.78 is 0.952. The van der Waals surface area contributed by atoms with Gasteiger partial charge >= 0.3 is 0 Å². The Labute approximate surface area is 192 Å². The number of aryl methyl sites for hydroxylation is 1. The predicted molar refractivity (Wildman–Crippen MR) is 129 cm³/mol. The molecule has 0 aliphatic rings. The summed E-state index contributed by atoms with van der Waals surface area (Å²) in [5.41, 5.74) is 3.04. The fourth-order valence-corrected chi connectivity index (χ4v) is 4.23. The van der Waals surface area contributed by atoms with Crippen LogP contribution in [0.3, 0.4) is 0 Å². The third-order valence-electron chi connectivity index (χ3n) is 4.52. The van der Waals surface area contributed by atoms with Gasteiger partial charge in [-0.2, -0.15) is 0 Å². The lowest BCUT2D eigenvalue weighted by molar-refractivity contribution is -0.139. The van der Waals surface area contributed by atoms with Crippen molar-refractivity contribution in [2.45, 2.75) is 58.5 Å². The zero-order valence-electron chi connectivity index (χ0n) is 18.4. The highest BCUT2D eigenvalue weighted by Crippen LogP contribution is 2.18. The molecule has 4 nitrogen and oxygen atoms in total. The van der Waals surface area contributed by atoms with Crippen molar-refractivity contribution in [1.82, 2.24) is 10.2 Å². The van der Waals surface area contributed by atoms with Crippen LogP contribution in [0.2, 0.25) is 0 Å². The molecule has 0 aliphatic carbocycles. The van der Waals surface area contributed by atoms with Gasteiger partial charge in [0.1, 0.15) is 6.04 Å². The van der Waals surface area contributed by atoms with Crippen LogP contribution in [0, 0.1) is 6.92 Å². The van der Waals surface area contributed by atoms with Crippen molar-refractivity contribution < 1.29 is 9.59 Å². The molecule has 2 rings (SSSR count). The van der Waals surface area contributed by atoms with Crippen LogP contribution in [0.4, 0.5) is 0 Å². The molecule has 0 bridgehead atoms. The van der Waals surface area contributed by atoms with E-state index < -0.39 is 6.04 Å². The molecular weight excluding hydrogens is 460 g/mol. The molecule has 0 spiro atoms. The van der Waals surface area contributed by atoms with Gasteiger partial charge in [0.2, 0.25) is 11.8 Å². The topological polar surface area (TPSA) is 49.4 Å². The lowest BCUT2D eigenvalue weighted by atomic mass is 10.1. The van der Waals surface area contributed by atoms with Crippen molar-refractivity contribution in [2.75, 3.05) is 5.75 Å². The van der Waals surface area contributed by atoms with Crippen molar-refractivity contribution in [2.24, 2.45) is 0 Å². The Hall–Kier alpha value is -1.79. The molecule has 1 unspecified atom stereocenters. The number of nitrogens with zero attached hydrogens (tertiary/aromatic N) is 1. The molecule has 162 valence electrons. The Bertz CT molecular complexity index is 862. The largest absolute Gasteiger partial charge is 0.350 e. The second kappa shape index (κ2) is 11.0. The van der Waals surface area contributed by atoms with Gasteiger partial charge in [-0.15, -0.1) is 11.8 Å². The second-order valence-corrected chi connectivity index (χ2v) is 10.4. The van der Waals surface area contributed by atoms with Crippen molar-refractivity contribution in [3.8, 4) is 0 Å². The first-order valence-corrected chi connectivity index (χ1v) is 12.0. The Morgan fingerprint density at radius 1 is 1.10 bits per heavy atom. The number of benzene rings is 2. The number of hydrogen-bond donors (Lipinski definition) is 1. The minimum Gasteiger partial charge on any atom is -0.350 e. The maximum atomic E-state index is 13.1. The van der Waals surface area contributed by atoms with Crippen molar-refractivity contribution in [3.05, 3.63) is 69.7 Å². The molecule has 2 aromatic carbocycles. The van der Waals surface area contributed by atoms with Crippen LogP contribution in [-0.2, 0) is 21.9 Å². The lowest BCUT2D eigenvalue weighted by Crippen LogP contribution is -2.52. The zero-order valence-corrected chi connectivity index (χ0v) is 20.8. The number of amides is 2. The number of nitrogens with one attached hydrogen (secondary N) is 1. The van der Waals surface area contributed by atoms with Crippen molar-refractivity contribution in [1.29, 1.82) is 0 Å². The maximum Gasteiger partial charge on any atom is 0.242 e. The van der Waals surface area contributed by atoms with E-state index >= 15 is 0 Å². The Kier molecular flexibility index (Phi) is 8.98. The van der Waals surface area contributed by atoms with Gasteiger partial charge in [0.15, 0.2) is 0 Å². The summed E-state index contributed by atoms with van der Waals surface area (Å²) in [5, 5.41) is 2.99. The third kappa shape index (κ3) is 8.15. The molecule has 30 heavy (non-hydrogen) atoms. The summed E-state index contributed by atoms with van der Waals surface area (Å²) in [6, 6.07) is 15.6. The van der Waals surface area contributed by atoms with Crippen molar-refractivity contribution in [3.63, 3.8) is 0 Å². The number of thioether (sulfide) groups is 1. The van der Waals surface area contributed by atoms with E-state index in [1.807, 2.05) is 45.0 Å². The lowest BCUT2D eigenvalue weighted by Gasteiger charge is -2.31. The molecule has 0 fully saturated rings. The summed E-state index contributed by atoms with van der Waals surface area (Å²) in [4.78, 5) is 27.5. The minimum atomic E-state index is -0.560. The second-order valence-electron chi connectivity index (χ2n) is 8.55. The van der Waals surface area contributed by atoms with Crippen LogP contribution < -0.4 is 5.32 Å². The van der Waals surface area contributed by atoms with Gasteiger partial charge in [0.05, 0.1) is 5.75 Å². The maximum absolute atomic E-state index is 13.1. The Morgan fingerprint density at radius 2 is 1.77 bits per heavy atom. The number of rotatable bonds is 8. The highest BCUT2D eigenvalue weighted by Gasteiger charge is 2.28. The molecule has 6 heteroatoms. The van der Waals surface area contributed by atoms with E-state index in [1.54, 1.807) is 23.6 Å². The van der Waals surface area contributed by atoms with Crippen LogP contribution in [0.25, 0.3) is 0 Å². The smallest absolute Gasteiger partial charge is 0.242 e. The summed E-state index contributed by atoms with van der Waals surface area (Å²) in [7, 11) is 0. The molecule has 0 heterocycles. The SMILES string of the molecule is Cc1ccc(CSCC(=O)N(Cc2cccc(Br)c2)C(C)C(=O)NC(C)(C)C)cc1. The van der Waals surface area contributed by atoms with E-state index in [-0.39, 0.29) is 17.4 Å². The molecule has 0 aromatic heterocycles. The third-order valence-corrected chi connectivity index (χ3v) is 6.00. The summed E-state index contributed by atoms with van der Waals surface area (Å²) in [6.07, 6.45) is 0. The fraction of sp³-hybridized carbons (Fsp3) is 0.417.